The highest BCUT2D eigenvalue weighted by Crippen LogP contribution is 2.28. The molecule has 1 atom stereocenters. The SMILES string of the molecule is C=C(C)CCC(=O)C1(C)CCCNC1. The van der Waals surface area contributed by atoms with Gasteiger partial charge in [-0.15, -0.1) is 6.58 Å². The minimum atomic E-state index is -0.117. The van der Waals surface area contributed by atoms with E-state index in [1.54, 1.807) is 0 Å². The molecule has 1 aliphatic rings. The van der Waals surface area contributed by atoms with Crippen molar-refractivity contribution in [1.29, 1.82) is 0 Å². The molecule has 1 rings (SSSR count). The molecule has 0 spiro atoms. The van der Waals surface area contributed by atoms with Gasteiger partial charge in [0.15, 0.2) is 0 Å². The molecule has 2 nitrogen and oxygen atoms in total. The van der Waals surface area contributed by atoms with Crippen molar-refractivity contribution < 1.29 is 4.79 Å². The van der Waals surface area contributed by atoms with Gasteiger partial charge in [0.25, 0.3) is 0 Å². The van der Waals surface area contributed by atoms with E-state index in [-0.39, 0.29) is 5.41 Å². The number of nitrogens with one attached hydrogen (secondary N) is 1. The Morgan fingerprint density at radius 1 is 1.50 bits per heavy atom. The molecule has 1 saturated heterocycles. The minimum Gasteiger partial charge on any atom is -0.316 e. The first-order valence-corrected chi connectivity index (χ1v) is 5.43. The molecule has 0 aromatic rings. The summed E-state index contributed by atoms with van der Waals surface area (Å²) < 4.78 is 0. The van der Waals surface area contributed by atoms with Crippen LogP contribution in [0, 0.1) is 5.41 Å². The Hall–Kier alpha value is -0.630. The van der Waals surface area contributed by atoms with Crippen molar-refractivity contribution in [2.45, 2.75) is 39.5 Å². The second kappa shape index (κ2) is 4.74. The largest absolute Gasteiger partial charge is 0.316 e. The maximum absolute atomic E-state index is 11.9. The third kappa shape index (κ3) is 2.95. The molecule has 2 heteroatoms. The molecule has 1 heterocycles. The van der Waals surface area contributed by atoms with Crippen LogP contribution in [0.3, 0.4) is 0 Å². The van der Waals surface area contributed by atoms with Crippen LogP contribution in [0.1, 0.15) is 39.5 Å². The summed E-state index contributed by atoms with van der Waals surface area (Å²) in [6.07, 6.45) is 3.66. The molecule has 0 bridgehead atoms. The zero-order valence-electron chi connectivity index (χ0n) is 9.36. The van der Waals surface area contributed by atoms with Gasteiger partial charge in [-0.3, -0.25) is 4.79 Å². The summed E-state index contributed by atoms with van der Waals surface area (Å²) in [5.74, 6) is 0.396. The second-order valence-electron chi connectivity index (χ2n) is 4.72. The van der Waals surface area contributed by atoms with Gasteiger partial charge in [0.2, 0.25) is 0 Å². The van der Waals surface area contributed by atoms with Crippen LogP contribution in [0.2, 0.25) is 0 Å². The smallest absolute Gasteiger partial charge is 0.140 e. The molecule has 1 N–H and O–H groups in total. The van der Waals surface area contributed by atoms with Crippen LogP contribution in [0.15, 0.2) is 12.2 Å². The van der Waals surface area contributed by atoms with E-state index in [2.05, 4.69) is 18.8 Å². The number of allylic oxidation sites excluding steroid dienone is 1. The van der Waals surface area contributed by atoms with Gasteiger partial charge in [0.1, 0.15) is 5.78 Å². The van der Waals surface area contributed by atoms with Crippen molar-refractivity contribution >= 4 is 5.78 Å². The Labute approximate surface area is 86.8 Å². The third-order valence-corrected chi connectivity index (χ3v) is 3.05. The van der Waals surface area contributed by atoms with Gasteiger partial charge in [-0.05, 0) is 32.7 Å². The average molecular weight is 195 g/mol. The molecule has 1 fully saturated rings. The van der Waals surface area contributed by atoms with Crippen LogP contribution in [0.4, 0.5) is 0 Å². The van der Waals surface area contributed by atoms with E-state index in [9.17, 15) is 4.79 Å². The summed E-state index contributed by atoms with van der Waals surface area (Å²) in [5, 5.41) is 3.30. The van der Waals surface area contributed by atoms with Crippen molar-refractivity contribution in [3.63, 3.8) is 0 Å². The van der Waals surface area contributed by atoms with Crippen LogP contribution < -0.4 is 5.32 Å². The van der Waals surface area contributed by atoms with Crippen LogP contribution in [-0.2, 0) is 4.79 Å². The fourth-order valence-corrected chi connectivity index (χ4v) is 1.92. The van der Waals surface area contributed by atoms with Gasteiger partial charge in [-0.25, -0.2) is 0 Å². The number of ketones is 1. The van der Waals surface area contributed by atoms with Crippen molar-refractivity contribution in [1.82, 2.24) is 5.32 Å². The Balaban J connectivity index is 2.45. The van der Waals surface area contributed by atoms with Crippen LogP contribution in [-0.4, -0.2) is 18.9 Å². The Bertz CT molecular complexity index is 226. The number of piperidine rings is 1. The number of hydrogen-bond donors (Lipinski definition) is 1. The lowest BCUT2D eigenvalue weighted by molar-refractivity contribution is -0.128. The molecule has 0 aromatic carbocycles. The molecule has 0 aliphatic carbocycles. The predicted octanol–water partition coefficient (Wildman–Crippen LogP) is 2.30. The summed E-state index contributed by atoms with van der Waals surface area (Å²) >= 11 is 0. The molecule has 80 valence electrons. The number of rotatable bonds is 4. The van der Waals surface area contributed by atoms with Gasteiger partial charge in [-0.2, -0.15) is 0 Å². The first-order valence-electron chi connectivity index (χ1n) is 5.43. The summed E-state index contributed by atoms with van der Waals surface area (Å²) in [7, 11) is 0. The summed E-state index contributed by atoms with van der Waals surface area (Å²) in [4.78, 5) is 11.9. The maximum Gasteiger partial charge on any atom is 0.140 e. The lowest BCUT2D eigenvalue weighted by Crippen LogP contribution is -2.43. The van der Waals surface area contributed by atoms with E-state index in [4.69, 9.17) is 0 Å². The van der Waals surface area contributed by atoms with Crippen molar-refractivity contribution in [3.05, 3.63) is 12.2 Å². The standard InChI is InChI=1S/C12H21NO/c1-10(2)5-6-11(14)12(3)7-4-8-13-9-12/h13H,1,4-9H2,2-3H3. The van der Waals surface area contributed by atoms with Gasteiger partial charge in [0.05, 0.1) is 0 Å². The normalized spacial score (nSPS) is 27.3. The van der Waals surface area contributed by atoms with Gasteiger partial charge in [-0.1, -0.05) is 12.5 Å². The molecule has 0 saturated carbocycles. The third-order valence-electron chi connectivity index (χ3n) is 3.05. The van der Waals surface area contributed by atoms with E-state index < -0.39 is 0 Å². The first-order chi connectivity index (χ1) is 6.54. The first kappa shape index (κ1) is 11.4. The fourth-order valence-electron chi connectivity index (χ4n) is 1.92. The molecule has 1 unspecified atom stereocenters. The number of carbonyl (C=O) groups excluding carboxylic acids is 1. The maximum atomic E-state index is 11.9. The molecule has 0 aromatic heterocycles. The Kier molecular flexibility index (Phi) is 3.87. The zero-order valence-corrected chi connectivity index (χ0v) is 9.36. The topological polar surface area (TPSA) is 29.1 Å². The lowest BCUT2D eigenvalue weighted by atomic mass is 9.77. The summed E-state index contributed by atoms with van der Waals surface area (Å²) in [5.41, 5.74) is 0.985. The van der Waals surface area contributed by atoms with E-state index in [0.717, 1.165) is 37.9 Å². The van der Waals surface area contributed by atoms with E-state index >= 15 is 0 Å². The second-order valence-corrected chi connectivity index (χ2v) is 4.72. The van der Waals surface area contributed by atoms with E-state index in [1.807, 2.05) is 6.92 Å². The number of hydrogen-bond acceptors (Lipinski definition) is 2. The molecule has 0 amide bonds. The molecular formula is C12H21NO. The highest BCUT2D eigenvalue weighted by molar-refractivity contribution is 5.85. The van der Waals surface area contributed by atoms with Crippen molar-refractivity contribution in [2.75, 3.05) is 13.1 Å². The number of Topliss-reactive ketones (excluding diaryl/α,β-unsaturated/α-hetero) is 1. The van der Waals surface area contributed by atoms with Gasteiger partial charge < -0.3 is 5.32 Å². The quantitative estimate of drug-likeness (QED) is 0.697. The lowest BCUT2D eigenvalue weighted by Gasteiger charge is -2.32. The predicted molar refractivity (Wildman–Crippen MR) is 59.3 cm³/mol. The molecule has 1 aliphatic heterocycles. The van der Waals surface area contributed by atoms with Crippen LogP contribution in [0.25, 0.3) is 0 Å². The van der Waals surface area contributed by atoms with Crippen LogP contribution in [0.5, 0.6) is 0 Å². The van der Waals surface area contributed by atoms with E-state index in [0.29, 0.717) is 12.2 Å². The average Bonchev–Trinajstić information content (AvgIpc) is 2.15. The Morgan fingerprint density at radius 3 is 2.71 bits per heavy atom. The van der Waals surface area contributed by atoms with Gasteiger partial charge in [0, 0.05) is 18.4 Å². The summed E-state index contributed by atoms with van der Waals surface area (Å²) in [6.45, 7) is 9.80. The van der Waals surface area contributed by atoms with E-state index in [1.165, 1.54) is 0 Å². The molecule has 0 radical (unpaired) electrons. The van der Waals surface area contributed by atoms with Gasteiger partial charge >= 0.3 is 0 Å². The number of carbonyl (C=O) groups is 1. The molecule has 14 heavy (non-hydrogen) atoms. The highest BCUT2D eigenvalue weighted by Gasteiger charge is 2.33. The minimum absolute atomic E-state index is 0.117. The zero-order chi connectivity index (χ0) is 10.6. The Morgan fingerprint density at radius 2 is 2.21 bits per heavy atom. The molecular weight excluding hydrogens is 174 g/mol. The highest BCUT2D eigenvalue weighted by atomic mass is 16.1. The fraction of sp³-hybridized carbons (Fsp3) is 0.750. The van der Waals surface area contributed by atoms with Crippen molar-refractivity contribution in [3.8, 4) is 0 Å². The monoisotopic (exact) mass is 195 g/mol. The summed E-state index contributed by atoms with van der Waals surface area (Å²) in [6, 6.07) is 0. The van der Waals surface area contributed by atoms with Crippen molar-refractivity contribution in [2.24, 2.45) is 5.41 Å². The van der Waals surface area contributed by atoms with Crippen LogP contribution >= 0.6 is 0 Å².